The SMILES string of the molecule is CC(C)[C@@H](OC(=O)N1CCC1)C1C[C@@H](C)[C@H]2C(O1)[C@H](O)[C@@]1(C)C3CC[C@H]4C(C)(C)C(OC(=O)N[C@H]5CCOC5)CC[C@@]45C[C@@]35CC[C@]21C. The van der Waals surface area contributed by atoms with Crippen LogP contribution in [-0.4, -0.2) is 85.1 Å². The average molecular weight is 671 g/mol. The van der Waals surface area contributed by atoms with Crippen LogP contribution >= 0.6 is 0 Å². The average Bonchev–Trinajstić information content (AvgIpc) is 3.28. The highest BCUT2D eigenvalue weighted by Crippen LogP contribution is 2.89. The smallest absolute Gasteiger partial charge is 0.410 e. The first kappa shape index (κ1) is 33.6. The summed E-state index contributed by atoms with van der Waals surface area (Å²) in [6.07, 6.45) is 8.62. The maximum atomic E-state index is 13.0. The molecule has 48 heavy (non-hydrogen) atoms. The fourth-order valence-corrected chi connectivity index (χ4v) is 14.0. The summed E-state index contributed by atoms with van der Waals surface area (Å²) in [5, 5.41) is 15.7. The number of fused-ring (bicyclic) bond motifs is 4. The van der Waals surface area contributed by atoms with Gasteiger partial charge in [-0.05, 0) is 110 Å². The predicted molar refractivity (Wildman–Crippen MR) is 180 cm³/mol. The van der Waals surface area contributed by atoms with E-state index >= 15 is 0 Å². The Balaban J connectivity index is 1.02. The van der Waals surface area contributed by atoms with Crippen LogP contribution in [-0.2, 0) is 18.9 Å². The molecule has 270 valence electrons. The molecule has 2 spiro atoms. The lowest BCUT2D eigenvalue weighted by Crippen LogP contribution is -2.60. The molecule has 5 saturated carbocycles. The number of ether oxygens (including phenoxy) is 4. The number of carbonyl (C=O) groups excluding carboxylic acids is 2. The Labute approximate surface area is 287 Å². The topological polar surface area (TPSA) is 107 Å². The van der Waals surface area contributed by atoms with E-state index in [2.05, 4.69) is 53.8 Å². The number of amides is 2. The Bertz CT molecular complexity index is 1300. The Kier molecular flexibility index (Phi) is 7.84. The molecule has 9 nitrogen and oxygen atoms in total. The number of nitrogens with one attached hydrogen (secondary N) is 1. The third-order valence-electron chi connectivity index (χ3n) is 16.6. The molecule has 9 heteroatoms. The zero-order chi connectivity index (χ0) is 34.0. The molecule has 8 rings (SSSR count). The van der Waals surface area contributed by atoms with Gasteiger partial charge in [0.15, 0.2) is 0 Å². The molecule has 0 aromatic carbocycles. The van der Waals surface area contributed by atoms with Gasteiger partial charge in [-0.3, -0.25) is 0 Å². The fraction of sp³-hybridized carbons (Fsp3) is 0.949. The van der Waals surface area contributed by atoms with E-state index < -0.39 is 6.10 Å². The number of hydrogen-bond acceptors (Lipinski definition) is 7. The maximum absolute atomic E-state index is 13.0. The van der Waals surface area contributed by atoms with Gasteiger partial charge in [0.25, 0.3) is 0 Å². The van der Waals surface area contributed by atoms with Gasteiger partial charge in [-0.15, -0.1) is 0 Å². The number of aliphatic hydroxyl groups excluding tert-OH is 1. The maximum Gasteiger partial charge on any atom is 0.410 e. The van der Waals surface area contributed by atoms with Crippen LogP contribution in [0.1, 0.15) is 113 Å². The molecule has 0 bridgehead atoms. The van der Waals surface area contributed by atoms with Crippen molar-refractivity contribution in [3.63, 3.8) is 0 Å². The third-order valence-corrected chi connectivity index (χ3v) is 16.6. The molecule has 8 aliphatic rings. The predicted octanol–water partition coefficient (Wildman–Crippen LogP) is 6.55. The number of likely N-dealkylation sites (tertiary alicyclic amines) is 1. The summed E-state index contributed by atoms with van der Waals surface area (Å²) < 4.78 is 24.8. The van der Waals surface area contributed by atoms with Crippen LogP contribution < -0.4 is 5.32 Å². The van der Waals surface area contributed by atoms with Gasteiger partial charge in [-0.2, -0.15) is 0 Å². The molecule has 14 atom stereocenters. The van der Waals surface area contributed by atoms with Crippen LogP contribution in [0.5, 0.6) is 0 Å². The second-order valence-corrected chi connectivity index (χ2v) is 19.1. The molecule has 2 amide bonds. The van der Waals surface area contributed by atoms with Crippen LogP contribution in [0.15, 0.2) is 0 Å². The number of rotatable bonds is 5. The van der Waals surface area contributed by atoms with E-state index in [1.165, 1.54) is 12.8 Å². The lowest BCUT2D eigenvalue weighted by atomic mass is 9.41. The highest BCUT2D eigenvalue weighted by atomic mass is 16.6. The second kappa shape index (κ2) is 11.2. The number of alkyl carbamates (subject to hydrolysis) is 1. The summed E-state index contributed by atoms with van der Waals surface area (Å²) in [5.41, 5.74) is 0.119. The number of carbonyl (C=O) groups is 2. The minimum Gasteiger partial charge on any atom is -0.446 e. The van der Waals surface area contributed by atoms with Crippen molar-refractivity contribution in [2.45, 2.75) is 149 Å². The van der Waals surface area contributed by atoms with Gasteiger partial charge in [0.2, 0.25) is 0 Å². The van der Waals surface area contributed by atoms with Crippen LogP contribution in [0, 0.1) is 56.7 Å². The molecular formula is C39H62N2O7. The van der Waals surface area contributed by atoms with Gasteiger partial charge in [-0.1, -0.05) is 48.5 Å². The van der Waals surface area contributed by atoms with Crippen molar-refractivity contribution in [2.24, 2.45) is 56.7 Å². The van der Waals surface area contributed by atoms with E-state index in [4.69, 9.17) is 18.9 Å². The first-order valence-electron chi connectivity index (χ1n) is 19.5. The summed E-state index contributed by atoms with van der Waals surface area (Å²) in [7, 11) is 0. The number of hydrogen-bond donors (Lipinski definition) is 2. The molecule has 4 unspecified atom stereocenters. The van der Waals surface area contributed by atoms with E-state index in [9.17, 15) is 14.7 Å². The van der Waals surface area contributed by atoms with E-state index in [1.54, 1.807) is 4.90 Å². The van der Waals surface area contributed by atoms with Crippen LogP contribution in [0.4, 0.5) is 9.59 Å². The van der Waals surface area contributed by atoms with Crippen molar-refractivity contribution in [3.8, 4) is 0 Å². The van der Waals surface area contributed by atoms with Gasteiger partial charge < -0.3 is 34.3 Å². The van der Waals surface area contributed by atoms with Crippen LogP contribution in [0.25, 0.3) is 0 Å². The molecule has 3 aliphatic heterocycles. The largest absolute Gasteiger partial charge is 0.446 e. The van der Waals surface area contributed by atoms with Crippen molar-refractivity contribution in [2.75, 3.05) is 26.3 Å². The van der Waals surface area contributed by atoms with Crippen molar-refractivity contribution >= 4 is 12.2 Å². The van der Waals surface area contributed by atoms with Gasteiger partial charge in [0, 0.05) is 30.5 Å². The normalized spacial score (nSPS) is 50.5. The molecule has 2 N–H and O–H groups in total. The van der Waals surface area contributed by atoms with Crippen molar-refractivity contribution in [1.82, 2.24) is 10.2 Å². The van der Waals surface area contributed by atoms with Gasteiger partial charge in [0.05, 0.1) is 31.0 Å². The summed E-state index contributed by atoms with van der Waals surface area (Å²) in [4.78, 5) is 27.7. The standard InChI is InChI=1S/C39H62N2O7/c1-22(2)30(48-34(44)41-16-8-17-41)25-19-23(3)29-31(46-25)32(42)37(7)27-10-9-26-35(4,5)28(47-33(43)40-24-12-18-45-20-24)11-13-38(26)21-39(27,38)15-14-36(29,37)6/h22-32,42H,8-21H2,1-7H3,(H,40,43)/t23-,24+,25?,26+,27?,28?,29+,30-,31?,32+,36-,37-,38-,39+/m1/s1. The van der Waals surface area contributed by atoms with E-state index in [0.29, 0.717) is 31.0 Å². The zero-order valence-electron chi connectivity index (χ0n) is 30.6. The van der Waals surface area contributed by atoms with Crippen molar-refractivity contribution in [3.05, 3.63) is 0 Å². The molecule has 0 aromatic rings. The second-order valence-electron chi connectivity index (χ2n) is 19.1. The minimum absolute atomic E-state index is 0.0203. The van der Waals surface area contributed by atoms with Crippen LogP contribution in [0.3, 0.4) is 0 Å². The quantitative estimate of drug-likeness (QED) is 0.342. The first-order chi connectivity index (χ1) is 22.7. The summed E-state index contributed by atoms with van der Waals surface area (Å²) >= 11 is 0. The van der Waals surface area contributed by atoms with E-state index in [-0.39, 0.29) is 81.6 Å². The molecule has 0 radical (unpaired) electrons. The number of aliphatic hydroxyl groups is 1. The highest BCUT2D eigenvalue weighted by Gasteiger charge is 2.84. The zero-order valence-corrected chi connectivity index (χ0v) is 30.6. The van der Waals surface area contributed by atoms with Gasteiger partial charge in [0.1, 0.15) is 12.2 Å². The molecule has 3 saturated heterocycles. The van der Waals surface area contributed by atoms with Crippen LogP contribution in [0.2, 0.25) is 0 Å². The third kappa shape index (κ3) is 4.43. The Morgan fingerprint density at radius 3 is 2.38 bits per heavy atom. The molecular weight excluding hydrogens is 608 g/mol. The summed E-state index contributed by atoms with van der Waals surface area (Å²) in [6, 6.07) is 0.0510. The van der Waals surface area contributed by atoms with Crippen molar-refractivity contribution < 1.29 is 33.6 Å². The molecule has 5 aliphatic carbocycles. The fourth-order valence-electron chi connectivity index (χ4n) is 14.0. The Hall–Kier alpha value is -1.58. The summed E-state index contributed by atoms with van der Waals surface area (Å²) in [6.45, 7) is 19.0. The molecule has 3 heterocycles. The summed E-state index contributed by atoms with van der Waals surface area (Å²) in [5.74, 6) is 1.72. The lowest BCUT2D eigenvalue weighted by Gasteiger charge is -2.63. The van der Waals surface area contributed by atoms with Crippen molar-refractivity contribution in [1.29, 1.82) is 0 Å². The molecule has 8 fully saturated rings. The van der Waals surface area contributed by atoms with E-state index in [1.807, 2.05) is 0 Å². The number of nitrogens with zero attached hydrogens (tertiary/aromatic N) is 1. The van der Waals surface area contributed by atoms with E-state index in [0.717, 1.165) is 64.5 Å². The Morgan fingerprint density at radius 1 is 0.979 bits per heavy atom. The minimum atomic E-state index is -0.552. The lowest BCUT2D eigenvalue weighted by molar-refractivity contribution is -0.185. The first-order valence-corrected chi connectivity index (χ1v) is 19.5. The van der Waals surface area contributed by atoms with Gasteiger partial charge >= 0.3 is 12.2 Å². The molecule has 0 aromatic heterocycles. The van der Waals surface area contributed by atoms with Gasteiger partial charge in [-0.25, -0.2) is 9.59 Å². The Morgan fingerprint density at radius 2 is 1.71 bits per heavy atom. The monoisotopic (exact) mass is 670 g/mol. The highest BCUT2D eigenvalue weighted by molar-refractivity contribution is 5.69.